The smallest absolute Gasteiger partial charge is 0.283 e. The van der Waals surface area contributed by atoms with Gasteiger partial charge in [0.1, 0.15) is 10.9 Å². The van der Waals surface area contributed by atoms with Crippen LogP contribution in [0.15, 0.2) is 70.3 Å². The Balaban J connectivity index is 1.53. The van der Waals surface area contributed by atoms with Crippen molar-refractivity contribution in [2.75, 3.05) is 0 Å². The van der Waals surface area contributed by atoms with Crippen LogP contribution in [0.4, 0.5) is 4.39 Å². The van der Waals surface area contributed by atoms with Crippen molar-refractivity contribution < 1.29 is 9.18 Å². The predicted octanol–water partition coefficient (Wildman–Crippen LogP) is 5.55. The first-order chi connectivity index (χ1) is 15.8. The molecule has 0 saturated carbocycles. The number of fused-ring (bicyclic) bond motifs is 1. The number of hydrogen-bond acceptors (Lipinski definition) is 4. The van der Waals surface area contributed by atoms with Crippen LogP contribution in [0.2, 0.25) is 5.02 Å². The van der Waals surface area contributed by atoms with E-state index in [1.807, 2.05) is 48.7 Å². The van der Waals surface area contributed by atoms with E-state index < -0.39 is 5.91 Å². The molecule has 0 spiro atoms. The number of amides is 1. The number of aryl methyl sites for hydroxylation is 1. The molecule has 0 saturated heterocycles. The Kier molecular flexibility index (Phi) is 5.26. The summed E-state index contributed by atoms with van der Waals surface area (Å²) in [7, 11) is 0. The number of halogens is 2. The first-order valence-electron chi connectivity index (χ1n) is 10.0. The molecule has 0 bridgehead atoms. The highest BCUT2D eigenvalue weighted by atomic mass is 35.5. The summed E-state index contributed by atoms with van der Waals surface area (Å²) in [6.45, 7) is 3.79. The van der Waals surface area contributed by atoms with E-state index in [0.717, 1.165) is 17.0 Å². The van der Waals surface area contributed by atoms with Gasteiger partial charge in [0.25, 0.3) is 5.91 Å². The number of hydrogen-bond donors (Lipinski definition) is 1. The molecule has 2 aliphatic heterocycles. The summed E-state index contributed by atoms with van der Waals surface area (Å²) >= 11 is 7.49. The highest BCUT2D eigenvalue weighted by Crippen LogP contribution is 2.33. The lowest BCUT2D eigenvalue weighted by Crippen LogP contribution is -2.35. The highest BCUT2D eigenvalue weighted by Gasteiger charge is 2.36. The van der Waals surface area contributed by atoms with Crippen molar-refractivity contribution in [1.82, 2.24) is 9.58 Å². The van der Waals surface area contributed by atoms with Crippen LogP contribution in [-0.4, -0.2) is 31.5 Å². The molecule has 33 heavy (non-hydrogen) atoms. The maximum absolute atomic E-state index is 13.8. The van der Waals surface area contributed by atoms with Gasteiger partial charge in [-0.1, -0.05) is 35.9 Å². The largest absolute Gasteiger partial charge is 0.318 e. The quantitative estimate of drug-likeness (QED) is 0.502. The molecule has 0 fully saturated rings. The van der Waals surface area contributed by atoms with Gasteiger partial charge in [-0.2, -0.15) is 15.1 Å². The van der Waals surface area contributed by atoms with Gasteiger partial charge in [-0.05, 0) is 67.6 Å². The van der Waals surface area contributed by atoms with Gasteiger partial charge in [0.05, 0.1) is 10.6 Å². The van der Waals surface area contributed by atoms with Crippen molar-refractivity contribution in [3.63, 3.8) is 0 Å². The lowest BCUT2D eigenvalue weighted by molar-refractivity contribution is -0.114. The number of aliphatic imine (C=N–C) groups is 1. The molecule has 0 unspecified atom stereocenters. The Morgan fingerprint density at radius 2 is 1.91 bits per heavy atom. The topological polar surface area (TPSA) is 73.8 Å². The zero-order valence-corrected chi connectivity index (χ0v) is 19.2. The van der Waals surface area contributed by atoms with Gasteiger partial charge in [0, 0.05) is 22.6 Å². The van der Waals surface area contributed by atoms with Gasteiger partial charge < -0.3 is 4.57 Å². The second-order valence-corrected chi connectivity index (χ2v) is 8.91. The number of rotatable bonds is 3. The molecule has 1 amide bonds. The Morgan fingerprint density at radius 1 is 1.12 bits per heavy atom. The van der Waals surface area contributed by atoms with Crippen LogP contribution in [0.25, 0.3) is 11.8 Å². The summed E-state index contributed by atoms with van der Waals surface area (Å²) in [5, 5.41) is 15.9. The van der Waals surface area contributed by atoms with Crippen molar-refractivity contribution in [2.24, 2.45) is 10.1 Å². The zero-order valence-electron chi connectivity index (χ0n) is 17.6. The number of aromatic nitrogens is 1. The number of hydrazone groups is 1. The fourth-order valence-corrected chi connectivity index (χ4v) is 5.05. The van der Waals surface area contributed by atoms with Crippen LogP contribution in [0, 0.1) is 25.1 Å². The molecule has 1 aromatic heterocycles. The number of nitrogens with zero attached hydrogens (tertiary/aromatic N) is 4. The normalized spacial score (nSPS) is 16.8. The fourth-order valence-electron chi connectivity index (χ4n) is 3.84. The average molecular weight is 478 g/mol. The van der Waals surface area contributed by atoms with Gasteiger partial charge in [0.15, 0.2) is 5.84 Å². The first-order valence-corrected chi connectivity index (χ1v) is 11.2. The number of carbonyl (C=O) groups excluding carboxylic acids is 1. The van der Waals surface area contributed by atoms with Gasteiger partial charge in [0.2, 0.25) is 5.17 Å². The van der Waals surface area contributed by atoms with E-state index in [1.54, 1.807) is 18.2 Å². The lowest BCUT2D eigenvalue weighted by Gasteiger charge is -2.20. The maximum Gasteiger partial charge on any atom is 0.283 e. The van der Waals surface area contributed by atoms with Gasteiger partial charge in [-0.25, -0.2) is 4.39 Å². The molecule has 2 aliphatic rings. The molecule has 9 heteroatoms. The number of carbonyl (C=O) groups is 1. The number of thioether (sulfide) groups is 1. The van der Waals surface area contributed by atoms with Crippen LogP contribution < -0.4 is 0 Å². The molecule has 0 aliphatic carbocycles. The number of amidine groups is 2. The standard InChI is InChI=1S/C24H17ClFN5OS/c1-13-10-15(14(2)30(13)17-7-5-6-16(26)12-17)11-19-21(27)31-24(28-22(19)32)33-23(29-31)18-8-3-4-9-20(18)25/h3-12,27H,1-2H3. The minimum atomic E-state index is -0.509. The summed E-state index contributed by atoms with van der Waals surface area (Å²) in [6.07, 6.45) is 1.64. The molecule has 1 N–H and O–H groups in total. The van der Waals surface area contributed by atoms with E-state index in [-0.39, 0.29) is 17.2 Å². The predicted molar refractivity (Wildman–Crippen MR) is 131 cm³/mol. The van der Waals surface area contributed by atoms with E-state index in [0.29, 0.717) is 26.5 Å². The molecule has 0 atom stereocenters. The van der Waals surface area contributed by atoms with Crippen LogP contribution in [0.3, 0.4) is 0 Å². The Labute approximate surface area is 198 Å². The molecular formula is C24H17ClFN5OS. The molecule has 3 heterocycles. The Hall–Kier alpha value is -3.49. The van der Waals surface area contributed by atoms with Crippen LogP contribution in [0.5, 0.6) is 0 Å². The van der Waals surface area contributed by atoms with Gasteiger partial charge >= 0.3 is 0 Å². The summed E-state index contributed by atoms with van der Waals surface area (Å²) in [5.41, 5.74) is 3.96. The fraction of sp³-hybridized carbons (Fsp3) is 0.0833. The van der Waals surface area contributed by atoms with Crippen LogP contribution in [-0.2, 0) is 4.79 Å². The second-order valence-electron chi connectivity index (χ2n) is 7.55. The van der Waals surface area contributed by atoms with E-state index in [9.17, 15) is 9.18 Å². The molecule has 3 aromatic rings. The number of nitrogens with one attached hydrogen (secondary N) is 1. The number of benzene rings is 2. The van der Waals surface area contributed by atoms with Crippen LogP contribution >= 0.6 is 23.4 Å². The minimum absolute atomic E-state index is 0.0601. The molecule has 2 aromatic carbocycles. The van der Waals surface area contributed by atoms with Crippen molar-refractivity contribution in [3.8, 4) is 5.69 Å². The van der Waals surface area contributed by atoms with Crippen molar-refractivity contribution in [1.29, 1.82) is 5.41 Å². The molecule has 6 nitrogen and oxygen atoms in total. The summed E-state index contributed by atoms with van der Waals surface area (Å²) in [4.78, 5) is 17.0. The van der Waals surface area contributed by atoms with Crippen molar-refractivity contribution >= 4 is 51.4 Å². The Morgan fingerprint density at radius 3 is 2.67 bits per heavy atom. The first kappa shape index (κ1) is 21.4. The summed E-state index contributed by atoms with van der Waals surface area (Å²) in [5.74, 6) is -0.898. The van der Waals surface area contributed by atoms with E-state index in [2.05, 4.69) is 10.1 Å². The van der Waals surface area contributed by atoms with Crippen LogP contribution in [0.1, 0.15) is 22.5 Å². The monoisotopic (exact) mass is 477 g/mol. The average Bonchev–Trinajstić information content (AvgIpc) is 3.32. The molecular weight excluding hydrogens is 461 g/mol. The lowest BCUT2D eigenvalue weighted by atomic mass is 10.1. The second kappa shape index (κ2) is 8.13. The summed E-state index contributed by atoms with van der Waals surface area (Å²) < 4.78 is 15.7. The third kappa shape index (κ3) is 3.71. The minimum Gasteiger partial charge on any atom is -0.318 e. The molecule has 0 radical (unpaired) electrons. The molecule has 164 valence electrons. The summed E-state index contributed by atoms with van der Waals surface area (Å²) in [6, 6.07) is 15.5. The third-order valence-electron chi connectivity index (χ3n) is 5.40. The zero-order chi connectivity index (χ0) is 23.3. The van der Waals surface area contributed by atoms with E-state index in [1.165, 1.54) is 28.9 Å². The van der Waals surface area contributed by atoms with E-state index >= 15 is 0 Å². The van der Waals surface area contributed by atoms with Crippen molar-refractivity contribution in [2.45, 2.75) is 13.8 Å². The maximum atomic E-state index is 13.8. The van der Waals surface area contributed by atoms with Crippen molar-refractivity contribution in [3.05, 3.63) is 93.5 Å². The van der Waals surface area contributed by atoms with Gasteiger partial charge in [-0.15, -0.1) is 0 Å². The SMILES string of the molecule is Cc1cc(C=C2C(=N)N3N=C(c4ccccc4Cl)SC3=NC2=O)c(C)n1-c1cccc(F)c1. The Bertz CT molecular complexity index is 1440. The van der Waals surface area contributed by atoms with Gasteiger partial charge in [-0.3, -0.25) is 10.2 Å². The van der Waals surface area contributed by atoms with E-state index in [4.69, 9.17) is 17.0 Å². The third-order valence-corrected chi connectivity index (χ3v) is 6.67. The molecule has 5 rings (SSSR count). The highest BCUT2D eigenvalue weighted by molar-refractivity contribution is 8.27.